The van der Waals surface area contributed by atoms with E-state index in [-0.39, 0.29) is 23.1 Å². The monoisotopic (exact) mass is 485 g/mol. The molecule has 2 amide bonds. The number of anilines is 1. The van der Waals surface area contributed by atoms with Crippen LogP contribution in [0.15, 0.2) is 36.7 Å². The molecule has 188 valence electrons. The second kappa shape index (κ2) is 9.77. The van der Waals surface area contributed by atoms with Crippen molar-refractivity contribution in [3.05, 3.63) is 58.9 Å². The molecular weight excluding hydrogens is 450 g/mol. The molecule has 3 heterocycles. The van der Waals surface area contributed by atoms with Crippen LogP contribution in [0.5, 0.6) is 0 Å². The van der Waals surface area contributed by atoms with Gasteiger partial charge in [0.2, 0.25) is 5.91 Å². The van der Waals surface area contributed by atoms with Crippen LogP contribution in [-0.2, 0) is 11.8 Å². The van der Waals surface area contributed by atoms with Crippen molar-refractivity contribution >= 4 is 28.5 Å². The maximum Gasteiger partial charge on any atom is 0.255 e. The number of hydrogen-bond acceptors (Lipinski definition) is 4. The summed E-state index contributed by atoms with van der Waals surface area (Å²) in [6.45, 7) is 11.9. The third kappa shape index (κ3) is 4.86. The largest absolute Gasteiger partial charge is 0.342 e. The molecule has 7 heteroatoms. The predicted molar refractivity (Wildman–Crippen MR) is 142 cm³/mol. The smallest absolute Gasteiger partial charge is 0.255 e. The Balaban J connectivity index is 1.57. The molecule has 1 saturated heterocycles. The van der Waals surface area contributed by atoms with Crippen molar-refractivity contribution < 1.29 is 9.59 Å². The Morgan fingerprint density at radius 3 is 2.56 bits per heavy atom. The van der Waals surface area contributed by atoms with E-state index < -0.39 is 0 Å². The Morgan fingerprint density at radius 1 is 1.22 bits per heavy atom. The lowest BCUT2D eigenvalue weighted by atomic mass is 9.80. The topological polar surface area (TPSA) is 91.0 Å². The molecule has 0 spiro atoms. The van der Waals surface area contributed by atoms with Gasteiger partial charge in [0.05, 0.1) is 23.5 Å². The van der Waals surface area contributed by atoms with E-state index in [1.54, 1.807) is 30.5 Å². The minimum Gasteiger partial charge on any atom is -0.342 e. The van der Waals surface area contributed by atoms with E-state index in [0.717, 1.165) is 42.5 Å². The number of nitrogens with zero attached hydrogens (tertiary/aromatic N) is 4. The minimum absolute atomic E-state index is 0.0157. The Kier molecular flexibility index (Phi) is 6.90. The van der Waals surface area contributed by atoms with Crippen molar-refractivity contribution in [2.24, 2.45) is 18.4 Å². The van der Waals surface area contributed by atoms with Crippen LogP contribution in [0.2, 0.25) is 0 Å². The summed E-state index contributed by atoms with van der Waals surface area (Å²) in [5.41, 5.74) is 4.56. The van der Waals surface area contributed by atoms with Gasteiger partial charge in [-0.15, -0.1) is 0 Å². The van der Waals surface area contributed by atoms with Gasteiger partial charge in [0.1, 0.15) is 5.65 Å². The van der Waals surface area contributed by atoms with Crippen LogP contribution >= 0.6 is 0 Å². The Bertz CT molecular complexity index is 1350. The van der Waals surface area contributed by atoms with Crippen LogP contribution in [0, 0.1) is 29.6 Å². The summed E-state index contributed by atoms with van der Waals surface area (Å²) in [5.74, 6) is 0.273. The third-order valence-electron chi connectivity index (χ3n) is 7.69. The highest BCUT2D eigenvalue weighted by Gasteiger charge is 2.33. The van der Waals surface area contributed by atoms with Gasteiger partial charge < -0.3 is 14.8 Å². The summed E-state index contributed by atoms with van der Waals surface area (Å²) in [5, 5.41) is 13.2. The number of aryl methyl sites for hydroxylation is 2. The number of amides is 2. The van der Waals surface area contributed by atoms with Gasteiger partial charge in [0.15, 0.2) is 0 Å². The molecule has 0 aliphatic carbocycles. The van der Waals surface area contributed by atoms with Gasteiger partial charge in [-0.2, -0.15) is 5.26 Å². The number of rotatable bonds is 4. The first-order chi connectivity index (χ1) is 17.0. The molecule has 36 heavy (non-hydrogen) atoms. The first-order valence-corrected chi connectivity index (χ1v) is 12.6. The van der Waals surface area contributed by atoms with Crippen LogP contribution in [0.1, 0.15) is 73.5 Å². The van der Waals surface area contributed by atoms with Gasteiger partial charge in [0.25, 0.3) is 5.91 Å². The first-order valence-electron chi connectivity index (χ1n) is 12.6. The number of nitrogens with one attached hydrogen (secondary N) is 1. The quantitative estimate of drug-likeness (QED) is 0.536. The number of pyridine rings is 1. The Labute approximate surface area is 213 Å². The number of fused-ring (bicyclic) bond motifs is 1. The summed E-state index contributed by atoms with van der Waals surface area (Å²) in [6, 6.07) is 8.73. The molecule has 4 rings (SSSR count). The molecule has 1 atom stereocenters. The second-order valence-corrected chi connectivity index (χ2v) is 11.0. The van der Waals surface area contributed by atoms with Crippen LogP contribution in [0.25, 0.3) is 11.0 Å². The summed E-state index contributed by atoms with van der Waals surface area (Å²) in [4.78, 5) is 32.6. The normalized spacial score (nSPS) is 15.5. The zero-order valence-electron chi connectivity index (χ0n) is 22.1. The number of carbonyl (C=O) groups is 2. The molecule has 1 unspecified atom stereocenters. The molecule has 3 aromatic rings. The molecular formula is C29H35N5O2. The van der Waals surface area contributed by atoms with Crippen molar-refractivity contribution in [3.63, 3.8) is 0 Å². The molecule has 1 fully saturated rings. The minimum atomic E-state index is -0.270. The average Bonchev–Trinajstić information content (AvgIpc) is 3.21. The van der Waals surface area contributed by atoms with Crippen LogP contribution in [0.4, 0.5) is 5.69 Å². The lowest BCUT2D eigenvalue weighted by molar-refractivity contribution is -0.139. The highest BCUT2D eigenvalue weighted by atomic mass is 16.2. The molecule has 0 saturated carbocycles. The summed E-state index contributed by atoms with van der Waals surface area (Å²) < 4.78 is 2.04. The van der Waals surface area contributed by atoms with Gasteiger partial charge >= 0.3 is 0 Å². The third-order valence-corrected chi connectivity index (χ3v) is 7.69. The number of aromatic nitrogens is 2. The number of carbonyl (C=O) groups excluding carboxylic acids is 2. The zero-order chi connectivity index (χ0) is 26.2. The van der Waals surface area contributed by atoms with E-state index in [0.29, 0.717) is 22.7 Å². The van der Waals surface area contributed by atoms with Gasteiger partial charge in [-0.05, 0) is 60.4 Å². The van der Waals surface area contributed by atoms with Crippen molar-refractivity contribution in [1.82, 2.24) is 14.5 Å². The SMILES string of the molecule is Cc1c(NC(=O)c2cccc(C#N)c2)cnc2c1c(C1CCN(C(=O)C(C)C(C)(C)C)CC1)cn2C. The fraction of sp³-hybridized carbons (Fsp3) is 0.448. The van der Waals surface area contributed by atoms with Crippen molar-refractivity contribution in [3.8, 4) is 6.07 Å². The highest BCUT2D eigenvalue weighted by Crippen LogP contribution is 2.38. The van der Waals surface area contributed by atoms with E-state index in [2.05, 4.69) is 43.3 Å². The van der Waals surface area contributed by atoms with Gasteiger partial charge in [-0.25, -0.2) is 4.98 Å². The van der Waals surface area contributed by atoms with Gasteiger partial charge in [-0.3, -0.25) is 9.59 Å². The zero-order valence-corrected chi connectivity index (χ0v) is 22.1. The molecule has 1 aliphatic heterocycles. The van der Waals surface area contributed by atoms with E-state index in [9.17, 15) is 9.59 Å². The number of hydrogen-bond donors (Lipinski definition) is 1. The fourth-order valence-electron chi connectivity index (χ4n) is 4.95. The maximum atomic E-state index is 13.0. The first kappa shape index (κ1) is 25.4. The number of likely N-dealkylation sites (tertiary alicyclic amines) is 1. The van der Waals surface area contributed by atoms with E-state index in [4.69, 9.17) is 5.26 Å². The van der Waals surface area contributed by atoms with Crippen LogP contribution in [-0.4, -0.2) is 39.4 Å². The molecule has 1 aliphatic rings. The Morgan fingerprint density at radius 2 is 1.92 bits per heavy atom. The van der Waals surface area contributed by atoms with Crippen molar-refractivity contribution in [1.29, 1.82) is 5.26 Å². The molecule has 2 aromatic heterocycles. The van der Waals surface area contributed by atoms with Crippen molar-refractivity contribution in [2.45, 2.75) is 53.4 Å². The lowest BCUT2D eigenvalue weighted by Gasteiger charge is -2.37. The standard InChI is InChI=1S/C29H35N5O2/c1-18-24(32-27(35)22-9-7-8-20(14-22)15-30)16-31-26-25(18)23(17-33(26)6)21-10-12-34(13-11-21)28(36)19(2)29(3,4)5/h7-9,14,16-17,19,21H,10-13H2,1-6H3,(H,32,35). The van der Waals surface area contributed by atoms with E-state index >= 15 is 0 Å². The maximum absolute atomic E-state index is 13.0. The Hall–Kier alpha value is -3.66. The van der Waals surface area contributed by atoms with E-state index in [1.165, 1.54) is 5.56 Å². The van der Waals surface area contributed by atoms with E-state index in [1.807, 2.05) is 30.4 Å². The number of benzene rings is 1. The molecule has 1 N–H and O–H groups in total. The van der Waals surface area contributed by atoms with Gasteiger partial charge in [0, 0.05) is 43.2 Å². The molecule has 0 radical (unpaired) electrons. The van der Waals surface area contributed by atoms with Crippen LogP contribution in [0.3, 0.4) is 0 Å². The molecule has 1 aromatic carbocycles. The fourth-order valence-corrected chi connectivity index (χ4v) is 4.95. The number of nitriles is 1. The molecule has 0 bridgehead atoms. The van der Waals surface area contributed by atoms with Crippen molar-refractivity contribution in [2.75, 3.05) is 18.4 Å². The lowest BCUT2D eigenvalue weighted by Crippen LogP contribution is -2.43. The molecule has 7 nitrogen and oxygen atoms in total. The summed E-state index contributed by atoms with van der Waals surface area (Å²) >= 11 is 0. The second-order valence-electron chi connectivity index (χ2n) is 11.0. The average molecular weight is 486 g/mol. The predicted octanol–water partition coefficient (Wildman–Crippen LogP) is 5.39. The summed E-state index contributed by atoms with van der Waals surface area (Å²) in [7, 11) is 1.99. The van der Waals surface area contributed by atoms with Crippen LogP contribution < -0.4 is 5.32 Å². The summed E-state index contributed by atoms with van der Waals surface area (Å²) in [6.07, 6.45) is 5.65. The number of piperidine rings is 1. The highest BCUT2D eigenvalue weighted by molar-refractivity contribution is 6.06. The van der Waals surface area contributed by atoms with Gasteiger partial charge in [-0.1, -0.05) is 33.8 Å².